The number of hydrogen-bond donors (Lipinski definition) is 4. The zero-order valence-electron chi connectivity index (χ0n) is 19.3. The summed E-state index contributed by atoms with van der Waals surface area (Å²) in [4.78, 5) is 20.3. The highest BCUT2D eigenvalue weighted by Gasteiger charge is 2.28. The zero-order valence-corrected chi connectivity index (χ0v) is 21.6. The molecule has 2 aromatic carbocycles. The first-order valence-electron chi connectivity index (χ1n) is 11.7. The minimum absolute atomic E-state index is 0.235. The molecule has 36 heavy (non-hydrogen) atoms. The standard InChI is InChI=1S/C27H25Cl3N4O2/c28-19-4-6-21-18(14-31-24(21)12-19)9-10-34(15-20-13-23(29)27(30)32-20)25-7-3-17-11-16(1-5-22(17)25)2-8-26(35)33-36/h1-2,4-6,8,11-14,25,31-32,36H,3,7,9-10,15H2,(H,33,35)/b8-2+. The molecule has 9 heteroatoms. The third-order valence-electron chi connectivity index (χ3n) is 6.74. The van der Waals surface area contributed by atoms with Gasteiger partial charge in [-0.25, -0.2) is 5.48 Å². The molecule has 5 rings (SSSR count). The van der Waals surface area contributed by atoms with E-state index in [4.69, 9.17) is 40.0 Å². The van der Waals surface area contributed by atoms with E-state index >= 15 is 0 Å². The maximum Gasteiger partial charge on any atom is 0.267 e. The molecular weight excluding hydrogens is 519 g/mol. The van der Waals surface area contributed by atoms with E-state index in [2.05, 4.69) is 39.3 Å². The van der Waals surface area contributed by atoms with Gasteiger partial charge in [-0.05, 0) is 65.8 Å². The molecule has 1 unspecified atom stereocenters. The van der Waals surface area contributed by atoms with Crippen molar-refractivity contribution in [3.8, 4) is 0 Å². The van der Waals surface area contributed by atoms with E-state index in [-0.39, 0.29) is 6.04 Å². The van der Waals surface area contributed by atoms with E-state index in [1.807, 2.05) is 24.3 Å². The average Bonchev–Trinajstić information content (AvgIpc) is 3.56. The van der Waals surface area contributed by atoms with Gasteiger partial charge in [0, 0.05) is 53.0 Å². The monoisotopic (exact) mass is 542 g/mol. The number of carbonyl (C=O) groups is 1. The average molecular weight is 544 g/mol. The van der Waals surface area contributed by atoms with Crippen molar-refractivity contribution < 1.29 is 10.0 Å². The fourth-order valence-corrected chi connectivity index (χ4v) is 5.57. The minimum atomic E-state index is -0.553. The predicted octanol–water partition coefficient (Wildman–Crippen LogP) is 6.71. The topological polar surface area (TPSA) is 84.2 Å². The van der Waals surface area contributed by atoms with Gasteiger partial charge in [0.25, 0.3) is 5.91 Å². The van der Waals surface area contributed by atoms with Crippen molar-refractivity contribution in [1.29, 1.82) is 0 Å². The van der Waals surface area contributed by atoms with Crippen molar-refractivity contribution in [3.63, 3.8) is 0 Å². The molecule has 186 valence electrons. The summed E-state index contributed by atoms with van der Waals surface area (Å²) < 4.78 is 0. The minimum Gasteiger partial charge on any atom is -0.361 e. The number of fused-ring (bicyclic) bond motifs is 2. The Morgan fingerprint density at radius 1 is 1.17 bits per heavy atom. The van der Waals surface area contributed by atoms with Crippen LogP contribution in [-0.2, 0) is 24.2 Å². The van der Waals surface area contributed by atoms with Gasteiger partial charge in [0.15, 0.2) is 0 Å². The van der Waals surface area contributed by atoms with Gasteiger partial charge in [-0.3, -0.25) is 14.9 Å². The molecule has 0 radical (unpaired) electrons. The van der Waals surface area contributed by atoms with Crippen LogP contribution in [0.25, 0.3) is 17.0 Å². The summed E-state index contributed by atoms with van der Waals surface area (Å²) in [6, 6.07) is 14.3. The number of aromatic nitrogens is 2. The second-order valence-corrected chi connectivity index (χ2v) is 10.2. The van der Waals surface area contributed by atoms with Crippen LogP contribution in [0.2, 0.25) is 15.2 Å². The van der Waals surface area contributed by atoms with Gasteiger partial charge in [0.2, 0.25) is 0 Å². The molecule has 1 aliphatic rings. The molecule has 1 atom stereocenters. The first kappa shape index (κ1) is 24.9. The van der Waals surface area contributed by atoms with Crippen molar-refractivity contribution in [2.75, 3.05) is 6.54 Å². The smallest absolute Gasteiger partial charge is 0.267 e. The molecular formula is C27H25Cl3N4O2. The van der Waals surface area contributed by atoms with Crippen LogP contribution in [0.15, 0.2) is 54.7 Å². The van der Waals surface area contributed by atoms with Crippen LogP contribution in [0.5, 0.6) is 0 Å². The van der Waals surface area contributed by atoms with Crippen molar-refractivity contribution in [1.82, 2.24) is 20.3 Å². The van der Waals surface area contributed by atoms with E-state index in [1.165, 1.54) is 28.2 Å². The van der Waals surface area contributed by atoms with E-state index in [1.54, 1.807) is 11.6 Å². The van der Waals surface area contributed by atoms with Gasteiger partial charge in [-0.1, -0.05) is 59.1 Å². The van der Waals surface area contributed by atoms with Gasteiger partial charge in [0.05, 0.1) is 5.02 Å². The molecule has 1 aliphatic carbocycles. The number of rotatable bonds is 8. The Morgan fingerprint density at radius 3 is 2.81 bits per heavy atom. The summed E-state index contributed by atoms with van der Waals surface area (Å²) in [5, 5.41) is 11.6. The van der Waals surface area contributed by atoms with E-state index < -0.39 is 5.91 Å². The highest BCUT2D eigenvalue weighted by Crippen LogP contribution is 2.38. The first-order valence-corrected chi connectivity index (χ1v) is 12.8. The molecule has 0 fully saturated rings. The lowest BCUT2D eigenvalue weighted by atomic mass is 10.0. The summed E-state index contributed by atoms with van der Waals surface area (Å²) >= 11 is 18.6. The Bertz CT molecular complexity index is 1420. The number of H-pyrrole nitrogens is 2. The SMILES string of the molecule is O=C(/C=C/c1ccc2c(c1)CCC2N(CCc1c[nH]c2cc(Cl)ccc12)Cc1cc(Cl)c(Cl)[nH]1)NO. The van der Waals surface area contributed by atoms with Gasteiger partial charge in [-0.2, -0.15) is 0 Å². The molecule has 2 aromatic heterocycles. The second-order valence-electron chi connectivity index (χ2n) is 9.00. The van der Waals surface area contributed by atoms with Crippen LogP contribution >= 0.6 is 34.8 Å². The Kier molecular flexibility index (Phi) is 7.42. The molecule has 0 bridgehead atoms. The third kappa shape index (κ3) is 5.33. The fourth-order valence-electron chi connectivity index (χ4n) is 5.04. The van der Waals surface area contributed by atoms with Crippen LogP contribution in [0.1, 0.15) is 40.4 Å². The van der Waals surface area contributed by atoms with E-state index in [9.17, 15) is 4.79 Å². The molecule has 4 aromatic rings. The second kappa shape index (κ2) is 10.7. The largest absolute Gasteiger partial charge is 0.361 e. The summed E-state index contributed by atoms with van der Waals surface area (Å²) in [5.74, 6) is -0.553. The molecule has 0 saturated heterocycles. The van der Waals surface area contributed by atoms with Crippen LogP contribution in [0, 0.1) is 0 Å². The van der Waals surface area contributed by atoms with Gasteiger partial charge < -0.3 is 9.97 Å². The van der Waals surface area contributed by atoms with Crippen molar-refractivity contribution in [2.24, 2.45) is 0 Å². The van der Waals surface area contributed by atoms with E-state index in [0.717, 1.165) is 42.6 Å². The Labute approximate surface area is 223 Å². The number of nitrogens with one attached hydrogen (secondary N) is 3. The summed E-state index contributed by atoms with van der Waals surface area (Å²) in [5.41, 5.74) is 8.34. The number of aryl methyl sites for hydroxylation is 1. The number of nitrogens with zero attached hydrogens (tertiary/aromatic N) is 1. The highest BCUT2D eigenvalue weighted by atomic mass is 35.5. The summed E-state index contributed by atoms with van der Waals surface area (Å²) in [6.45, 7) is 1.52. The molecule has 0 spiro atoms. The number of halogens is 3. The molecule has 2 heterocycles. The number of amides is 1. The van der Waals surface area contributed by atoms with Crippen molar-refractivity contribution in [2.45, 2.75) is 31.8 Å². The lowest BCUT2D eigenvalue weighted by Crippen LogP contribution is -2.29. The quantitative estimate of drug-likeness (QED) is 0.113. The number of hydrogen-bond acceptors (Lipinski definition) is 3. The van der Waals surface area contributed by atoms with Crippen LogP contribution in [-0.4, -0.2) is 32.5 Å². The van der Waals surface area contributed by atoms with Crippen molar-refractivity contribution >= 4 is 57.7 Å². The highest BCUT2D eigenvalue weighted by molar-refractivity contribution is 6.41. The molecule has 0 aliphatic heterocycles. The predicted molar refractivity (Wildman–Crippen MR) is 145 cm³/mol. The summed E-state index contributed by atoms with van der Waals surface area (Å²) in [7, 11) is 0. The molecule has 1 amide bonds. The number of carbonyl (C=O) groups excluding carboxylic acids is 1. The summed E-state index contributed by atoms with van der Waals surface area (Å²) in [6.07, 6.45) is 7.88. The lowest BCUT2D eigenvalue weighted by molar-refractivity contribution is -0.124. The zero-order chi connectivity index (χ0) is 25.2. The molecule has 4 N–H and O–H groups in total. The Morgan fingerprint density at radius 2 is 2.03 bits per heavy atom. The maximum atomic E-state index is 11.3. The van der Waals surface area contributed by atoms with Gasteiger partial charge >= 0.3 is 0 Å². The number of aromatic amines is 2. The van der Waals surface area contributed by atoms with E-state index in [0.29, 0.717) is 21.7 Å². The normalized spacial score (nSPS) is 15.3. The van der Waals surface area contributed by atoms with Crippen LogP contribution in [0.4, 0.5) is 0 Å². The fraction of sp³-hybridized carbons (Fsp3) is 0.222. The van der Waals surface area contributed by atoms with Crippen LogP contribution < -0.4 is 5.48 Å². The van der Waals surface area contributed by atoms with Gasteiger partial charge in [-0.15, -0.1) is 0 Å². The Hall–Kier alpha value is -2.74. The van der Waals surface area contributed by atoms with Crippen molar-refractivity contribution in [3.05, 3.63) is 97.9 Å². The lowest BCUT2D eigenvalue weighted by Gasteiger charge is -2.29. The number of hydroxylamine groups is 1. The van der Waals surface area contributed by atoms with Crippen LogP contribution in [0.3, 0.4) is 0 Å². The Balaban J connectivity index is 1.40. The first-order chi connectivity index (χ1) is 17.4. The molecule has 6 nitrogen and oxygen atoms in total. The number of benzene rings is 2. The molecule has 0 saturated carbocycles. The third-order valence-corrected chi connectivity index (χ3v) is 7.67. The maximum absolute atomic E-state index is 11.3. The van der Waals surface area contributed by atoms with Gasteiger partial charge in [0.1, 0.15) is 5.15 Å².